The van der Waals surface area contributed by atoms with Gasteiger partial charge in [0.15, 0.2) is 0 Å². The Hall–Kier alpha value is -1.79. The molecular formula is C14H18N4O2. The molecule has 3 heterocycles. The number of ether oxygens (including phenoxy) is 1. The molecule has 0 spiro atoms. The van der Waals surface area contributed by atoms with E-state index in [1.54, 1.807) is 0 Å². The van der Waals surface area contributed by atoms with Gasteiger partial charge in [0.1, 0.15) is 5.69 Å². The Balaban J connectivity index is 1.93. The summed E-state index contributed by atoms with van der Waals surface area (Å²) in [6, 6.07) is 5.74. The van der Waals surface area contributed by atoms with Crippen LogP contribution < -0.4 is 5.73 Å². The molecule has 0 aromatic carbocycles. The van der Waals surface area contributed by atoms with Crippen LogP contribution in [0.2, 0.25) is 0 Å². The number of nitrogens with two attached hydrogens (primary N) is 1. The van der Waals surface area contributed by atoms with Crippen LogP contribution >= 0.6 is 0 Å². The molecule has 2 aromatic heterocycles. The molecule has 0 atom stereocenters. The molecule has 2 N–H and O–H groups in total. The minimum absolute atomic E-state index is 0.257. The van der Waals surface area contributed by atoms with Gasteiger partial charge >= 0.3 is 0 Å². The molecule has 1 saturated heterocycles. The summed E-state index contributed by atoms with van der Waals surface area (Å²) < 4.78 is 10.9. The highest BCUT2D eigenvalue weighted by Gasteiger charge is 2.38. The zero-order chi connectivity index (χ0) is 14.0. The van der Waals surface area contributed by atoms with Gasteiger partial charge in [-0.15, -0.1) is 0 Å². The Kier molecular flexibility index (Phi) is 3.50. The number of nitrogens with zero attached hydrogens (tertiary/aromatic N) is 3. The molecule has 1 fully saturated rings. The Morgan fingerprint density at radius 2 is 2.05 bits per heavy atom. The van der Waals surface area contributed by atoms with Gasteiger partial charge in [-0.2, -0.15) is 4.98 Å². The minimum atomic E-state index is -0.257. The monoisotopic (exact) mass is 274 g/mol. The van der Waals surface area contributed by atoms with Crippen molar-refractivity contribution in [3.8, 4) is 11.5 Å². The van der Waals surface area contributed by atoms with E-state index in [2.05, 4.69) is 15.1 Å². The normalized spacial score (nSPS) is 18.1. The Labute approximate surface area is 117 Å². The van der Waals surface area contributed by atoms with E-state index >= 15 is 0 Å². The molecule has 0 amide bonds. The first-order chi connectivity index (χ1) is 9.73. The lowest BCUT2D eigenvalue weighted by Gasteiger charge is -2.32. The number of hydrogen-bond acceptors (Lipinski definition) is 6. The summed E-state index contributed by atoms with van der Waals surface area (Å²) in [5.74, 6) is 1.12. The second kappa shape index (κ2) is 5.30. The Bertz CT molecular complexity index is 590. The topological polar surface area (TPSA) is 87.1 Å². The SMILES string of the molecule is Cc1cccc(-c2noc(C3(CN)CCOCC3)n2)n1. The highest BCUT2D eigenvalue weighted by Crippen LogP contribution is 2.33. The first kappa shape index (κ1) is 13.2. The average molecular weight is 274 g/mol. The van der Waals surface area contributed by atoms with E-state index in [1.807, 2.05) is 25.1 Å². The van der Waals surface area contributed by atoms with Gasteiger partial charge in [0.2, 0.25) is 11.7 Å². The fourth-order valence-electron chi connectivity index (χ4n) is 2.48. The van der Waals surface area contributed by atoms with Crippen LogP contribution in [0.5, 0.6) is 0 Å². The van der Waals surface area contributed by atoms with Crippen molar-refractivity contribution in [3.05, 3.63) is 29.8 Å². The van der Waals surface area contributed by atoms with E-state index in [0.717, 1.165) is 24.2 Å². The van der Waals surface area contributed by atoms with Crippen molar-refractivity contribution in [3.63, 3.8) is 0 Å². The predicted octanol–water partition coefficient (Wildman–Crippen LogP) is 1.45. The summed E-state index contributed by atoms with van der Waals surface area (Å²) in [4.78, 5) is 8.92. The molecule has 0 bridgehead atoms. The van der Waals surface area contributed by atoms with Crippen LogP contribution in [0.4, 0.5) is 0 Å². The van der Waals surface area contributed by atoms with Crippen LogP contribution in [0.15, 0.2) is 22.7 Å². The smallest absolute Gasteiger partial charge is 0.234 e. The second-order valence-corrected chi connectivity index (χ2v) is 5.18. The molecule has 0 radical (unpaired) electrons. The van der Waals surface area contributed by atoms with Gasteiger partial charge in [-0.05, 0) is 31.9 Å². The van der Waals surface area contributed by atoms with E-state index < -0.39 is 0 Å². The Morgan fingerprint density at radius 1 is 1.25 bits per heavy atom. The largest absolute Gasteiger partial charge is 0.381 e. The van der Waals surface area contributed by atoms with E-state index in [4.69, 9.17) is 15.0 Å². The highest BCUT2D eigenvalue weighted by atomic mass is 16.5. The van der Waals surface area contributed by atoms with Crippen molar-refractivity contribution in [2.45, 2.75) is 25.2 Å². The lowest BCUT2D eigenvalue weighted by molar-refractivity contribution is 0.0409. The summed E-state index contributed by atoms with van der Waals surface area (Å²) in [6.45, 7) is 3.78. The fraction of sp³-hybridized carbons (Fsp3) is 0.500. The van der Waals surface area contributed by atoms with Crippen molar-refractivity contribution < 1.29 is 9.26 Å². The molecule has 1 aliphatic rings. The zero-order valence-electron chi connectivity index (χ0n) is 11.5. The minimum Gasteiger partial charge on any atom is -0.381 e. The first-order valence-electron chi connectivity index (χ1n) is 6.80. The van der Waals surface area contributed by atoms with E-state index in [1.165, 1.54) is 0 Å². The van der Waals surface area contributed by atoms with Crippen LogP contribution in [0.1, 0.15) is 24.4 Å². The maximum Gasteiger partial charge on any atom is 0.234 e. The molecule has 6 heteroatoms. The number of aromatic nitrogens is 3. The van der Waals surface area contributed by atoms with Crippen molar-refractivity contribution in [1.29, 1.82) is 0 Å². The standard InChI is InChI=1S/C14H18N4O2/c1-10-3-2-4-11(16-10)12-17-13(20-18-12)14(9-15)5-7-19-8-6-14/h2-4H,5-9,15H2,1H3. The fourth-order valence-corrected chi connectivity index (χ4v) is 2.48. The molecule has 3 rings (SSSR count). The van der Waals surface area contributed by atoms with Gasteiger partial charge in [0.25, 0.3) is 0 Å². The summed E-state index contributed by atoms with van der Waals surface area (Å²) in [5, 5.41) is 4.05. The second-order valence-electron chi connectivity index (χ2n) is 5.18. The van der Waals surface area contributed by atoms with Crippen LogP contribution in [0.25, 0.3) is 11.5 Å². The third-order valence-electron chi connectivity index (χ3n) is 3.84. The first-order valence-corrected chi connectivity index (χ1v) is 6.80. The van der Waals surface area contributed by atoms with Gasteiger partial charge in [-0.1, -0.05) is 11.2 Å². The molecule has 106 valence electrons. The predicted molar refractivity (Wildman–Crippen MR) is 73.1 cm³/mol. The molecule has 0 aliphatic carbocycles. The van der Waals surface area contributed by atoms with E-state index in [-0.39, 0.29) is 5.41 Å². The summed E-state index contributed by atoms with van der Waals surface area (Å²) >= 11 is 0. The number of pyridine rings is 1. The number of rotatable bonds is 3. The van der Waals surface area contributed by atoms with Gasteiger partial charge in [-0.3, -0.25) is 0 Å². The Morgan fingerprint density at radius 3 is 2.75 bits per heavy atom. The maximum absolute atomic E-state index is 5.94. The van der Waals surface area contributed by atoms with E-state index in [9.17, 15) is 0 Å². The van der Waals surface area contributed by atoms with Gasteiger partial charge in [0, 0.05) is 25.5 Å². The highest BCUT2D eigenvalue weighted by molar-refractivity contribution is 5.48. The van der Waals surface area contributed by atoms with Gasteiger partial charge in [0.05, 0.1) is 5.41 Å². The van der Waals surface area contributed by atoms with Crippen molar-refractivity contribution >= 4 is 0 Å². The molecular weight excluding hydrogens is 256 g/mol. The lowest BCUT2D eigenvalue weighted by atomic mass is 9.80. The van der Waals surface area contributed by atoms with Crippen LogP contribution in [0.3, 0.4) is 0 Å². The molecule has 2 aromatic rings. The van der Waals surface area contributed by atoms with Gasteiger partial charge < -0.3 is 15.0 Å². The van der Waals surface area contributed by atoms with E-state index in [0.29, 0.717) is 31.5 Å². The molecule has 20 heavy (non-hydrogen) atoms. The zero-order valence-corrected chi connectivity index (χ0v) is 11.5. The third kappa shape index (κ3) is 2.32. The molecule has 0 saturated carbocycles. The lowest BCUT2D eigenvalue weighted by Crippen LogP contribution is -2.40. The average Bonchev–Trinajstić information content (AvgIpc) is 2.98. The molecule has 6 nitrogen and oxygen atoms in total. The molecule has 0 unspecified atom stereocenters. The van der Waals surface area contributed by atoms with Crippen molar-refractivity contribution in [1.82, 2.24) is 15.1 Å². The quantitative estimate of drug-likeness (QED) is 0.911. The molecule has 1 aliphatic heterocycles. The van der Waals surface area contributed by atoms with Crippen molar-refractivity contribution in [2.75, 3.05) is 19.8 Å². The number of aryl methyl sites for hydroxylation is 1. The number of hydrogen-bond donors (Lipinski definition) is 1. The summed E-state index contributed by atoms with van der Waals surface area (Å²) in [6.07, 6.45) is 1.62. The van der Waals surface area contributed by atoms with Gasteiger partial charge in [-0.25, -0.2) is 4.98 Å². The van der Waals surface area contributed by atoms with Crippen LogP contribution in [-0.4, -0.2) is 34.9 Å². The maximum atomic E-state index is 5.94. The third-order valence-corrected chi connectivity index (χ3v) is 3.84. The van der Waals surface area contributed by atoms with Crippen LogP contribution in [-0.2, 0) is 10.2 Å². The van der Waals surface area contributed by atoms with Crippen molar-refractivity contribution in [2.24, 2.45) is 5.73 Å². The van der Waals surface area contributed by atoms with Crippen LogP contribution in [0, 0.1) is 6.92 Å². The summed E-state index contributed by atoms with van der Waals surface area (Å²) in [5.41, 5.74) is 7.33. The summed E-state index contributed by atoms with van der Waals surface area (Å²) in [7, 11) is 0.